The van der Waals surface area contributed by atoms with Crippen LogP contribution in [0, 0.1) is 0 Å². The van der Waals surface area contributed by atoms with Crippen molar-refractivity contribution in [2.45, 2.75) is 13.5 Å². The number of halogens is 1. The van der Waals surface area contributed by atoms with E-state index in [0.717, 1.165) is 10.0 Å². The molecule has 6 nitrogen and oxygen atoms in total. The quantitative estimate of drug-likeness (QED) is 0.605. The average Bonchev–Trinajstić information content (AvgIpc) is 3.10. The highest BCUT2D eigenvalue weighted by Gasteiger charge is 2.14. The molecule has 140 valence electrons. The van der Waals surface area contributed by atoms with E-state index in [1.165, 1.54) is 0 Å². The molecule has 0 saturated heterocycles. The number of nitrogens with one attached hydrogen (secondary N) is 1. The summed E-state index contributed by atoms with van der Waals surface area (Å²) < 4.78 is 13.5. The maximum atomic E-state index is 12.7. The Morgan fingerprint density at radius 3 is 2.74 bits per heavy atom. The Morgan fingerprint density at radius 1 is 1.19 bits per heavy atom. The third-order valence-corrected chi connectivity index (χ3v) is 4.74. The van der Waals surface area contributed by atoms with Crippen molar-refractivity contribution in [2.75, 3.05) is 19.0 Å². The molecule has 0 unspecified atom stereocenters. The van der Waals surface area contributed by atoms with Gasteiger partial charge in [0.05, 0.1) is 26.5 Å². The van der Waals surface area contributed by atoms with E-state index < -0.39 is 0 Å². The van der Waals surface area contributed by atoms with Crippen molar-refractivity contribution < 1.29 is 14.3 Å². The molecule has 0 fully saturated rings. The second kappa shape index (κ2) is 8.73. The van der Waals surface area contributed by atoms with E-state index in [4.69, 9.17) is 9.47 Å². The lowest BCUT2D eigenvalue weighted by Crippen LogP contribution is -2.16. The fourth-order valence-electron chi connectivity index (χ4n) is 2.62. The highest BCUT2D eigenvalue weighted by Crippen LogP contribution is 2.28. The lowest BCUT2D eigenvalue weighted by atomic mass is 10.2. The predicted octanol–water partition coefficient (Wildman–Crippen LogP) is 4.35. The summed E-state index contributed by atoms with van der Waals surface area (Å²) >= 11 is 3.54. The molecule has 0 radical (unpaired) electrons. The molecule has 1 N–H and O–H groups in total. The van der Waals surface area contributed by atoms with Crippen LogP contribution in [-0.2, 0) is 6.54 Å². The third-order valence-electron chi connectivity index (χ3n) is 3.96. The lowest BCUT2D eigenvalue weighted by Gasteiger charge is -2.12. The highest BCUT2D eigenvalue weighted by atomic mass is 79.9. The number of benzene rings is 2. The number of ether oxygens (including phenoxy) is 2. The second-order valence-corrected chi connectivity index (χ2v) is 6.57. The maximum absolute atomic E-state index is 12.7. The summed E-state index contributed by atoms with van der Waals surface area (Å²) in [5, 5.41) is 7.21. The molecule has 1 amide bonds. The van der Waals surface area contributed by atoms with Gasteiger partial charge in [0.25, 0.3) is 5.91 Å². The largest absolute Gasteiger partial charge is 0.493 e. The summed E-state index contributed by atoms with van der Waals surface area (Å²) in [7, 11) is 1.55. The molecule has 3 rings (SSSR count). The van der Waals surface area contributed by atoms with Gasteiger partial charge in [0.2, 0.25) is 0 Å². The molecule has 0 atom stereocenters. The Balaban J connectivity index is 1.77. The fourth-order valence-corrected chi connectivity index (χ4v) is 3.04. The van der Waals surface area contributed by atoms with Gasteiger partial charge in [0.1, 0.15) is 5.82 Å². The van der Waals surface area contributed by atoms with E-state index in [1.54, 1.807) is 42.3 Å². The van der Waals surface area contributed by atoms with Gasteiger partial charge in [-0.25, -0.2) is 4.68 Å². The molecule has 27 heavy (non-hydrogen) atoms. The van der Waals surface area contributed by atoms with Crippen LogP contribution in [0.1, 0.15) is 22.8 Å². The van der Waals surface area contributed by atoms with Gasteiger partial charge in [-0.05, 0) is 36.8 Å². The van der Waals surface area contributed by atoms with Gasteiger partial charge in [-0.1, -0.05) is 34.1 Å². The van der Waals surface area contributed by atoms with E-state index in [2.05, 4.69) is 26.3 Å². The number of hydrogen-bond donors (Lipinski definition) is 1. The van der Waals surface area contributed by atoms with Crippen LogP contribution in [0.4, 0.5) is 5.82 Å². The van der Waals surface area contributed by atoms with Crippen molar-refractivity contribution >= 4 is 27.7 Å². The standard InChI is InChI=1S/C20H20BrN3O3/c1-3-27-17-9-8-14(12-18(17)26-2)20(25)23-19-10-11-22-24(19)13-15-6-4-5-7-16(15)21/h4-12H,3,13H2,1-2H3,(H,23,25). The van der Waals surface area contributed by atoms with Crippen LogP contribution in [0.3, 0.4) is 0 Å². The molecule has 0 bridgehead atoms. The van der Waals surface area contributed by atoms with Gasteiger partial charge in [0.15, 0.2) is 11.5 Å². The molecule has 1 heterocycles. The van der Waals surface area contributed by atoms with E-state index in [9.17, 15) is 4.79 Å². The van der Waals surface area contributed by atoms with E-state index in [-0.39, 0.29) is 5.91 Å². The van der Waals surface area contributed by atoms with E-state index in [0.29, 0.717) is 36.0 Å². The summed E-state index contributed by atoms with van der Waals surface area (Å²) in [6.45, 7) is 2.96. The first kappa shape index (κ1) is 19.0. The van der Waals surface area contributed by atoms with Crippen LogP contribution >= 0.6 is 15.9 Å². The molecule has 7 heteroatoms. The molecule has 2 aromatic carbocycles. The monoisotopic (exact) mass is 429 g/mol. The highest BCUT2D eigenvalue weighted by molar-refractivity contribution is 9.10. The third kappa shape index (κ3) is 4.49. The zero-order valence-electron chi connectivity index (χ0n) is 15.1. The van der Waals surface area contributed by atoms with Crippen LogP contribution in [0.2, 0.25) is 0 Å². The Bertz CT molecular complexity index is 940. The van der Waals surface area contributed by atoms with Crippen molar-refractivity contribution in [2.24, 2.45) is 0 Å². The topological polar surface area (TPSA) is 65.4 Å². The number of carbonyl (C=O) groups is 1. The molecular formula is C20H20BrN3O3. The first-order valence-corrected chi connectivity index (χ1v) is 9.29. The van der Waals surface area contributed by atoms with Gasteiger partial charge in [-0.3, -0.25) is 4.79 Å². The zero-order chi connectivity index (χ0) is 19.2. The maximum Gasteiger partial charge on any atom is 0.256 e. The first-order chi connectivity index (χ1) is 13.1. The molecule has 3 aromatic rings. The summed E-state index contributed by atoms with van der Waals surface area (Å²) in [5.74, 6) is 1.50. The van der Waals surface area contributed by atoms with Crippen molar-refractivity contribution in [3.63, 3.8) is 0 Å². The minimum Gasteiger partial charge on any atom is -0.493 e. The predicted molar refractivity (Wildman–Crippen MR) is 108 cm³/mol. The molecular weight excluding hydrogens is 410 g/mol. The number of carbonyl (C=O) groups excluding carboxylic acids is 1. The van der Waals surface area contributed by atoms with Gasteiger partial charge >= 0.3 is 0 Å². The normalized spacial score (nSPS) is 10.5. The van der Waals surface area contributed by atoms with Gasteiger partial charge < -0.3 is 14.8 Å². The van der Waals surface area contributed by atoms with Crippen LogP contribution in [0.5, 0.6) is 11.5 Å². The number of hydrogen-bond acceptors (Lipinski definition) is 4. The number of amides is 1. The number of rotatable bonds is 7. The lowest BCUT2D eigenvalue weighted by molar-refractivity contribution is 0.102. The van der Waals surface area contributed by atoms with Gasteiger partial charge in [0, 0.05) is 16.1 Å². The summed E-state index contributed by atoms with van der Waals surface area (Å²) in [5.41, 5.74) is 1.54. The number of methoxy groups -OCH3 is 1. The Morgan fingerprint density at radius 2 is 2.00 bits per heavy atom. The Kier molecular flexibility index (Phi) is 6.13. The number of nitrogens with zero attached hydrogens (tertiary/aromatic N) is 2. The first-order valence-electron chi connectivity index (χ1n) is 8.49. The molecule has 1 aromatic heterocycles. The van der Waals surface area contributed by atoms with Crippen molar-refractivity contribution in [1.29, 1.82) is 0 Å². The summed E-state index contributed by atoms with van der Waals surface area (Å²) in [6.07, 6.45) is 1.66. The molecule has 0 aliphatic heterocycles. The van der Waals surface area contributed by atoms with Crippen LogP contribution in [-0.4, -0.2) is 29.4 Å². The average molecular weight is 430 g/mol. The van der Waals surface area contributed by atoms with Crippen molar-refractivity contribution in [3.05, 3.63) is 70.3 Å². The van der Waals surface area contributed by atoms with Gasteiger partial charge in [-0.2, -0.15) is 5.10 Å². The molecule has 0 spiro atoms. The van der Waals surface area contributed by atoms with E-state index in [1.807, 2.05) is 31.2 Å². The number of aromatic nitrogens is 2. The summed E-state index contributed by atoms with van der Waals surface area (Å²) in [6, 6.07) is 14.8. The SMILES string of the molecule is CCOc1ccc(C(=O)Nc2ccnn2Cc2ccccc2Br)cc1OC. The fraction of sp³-hybridized carbons (Fsp3) is 0.200. The minimum absolute atomic E-state index is 0.245. The molecule has 0 aliphatic rings. The van der Waals surface area contributed by atoms with Crippen LogP contribution in [0.25, 0.3) is 0 Å². The summed E-state index contributed by atoms with van der Waals surface area (Å²) in [4.78, 5) is 12.7. The van der Waals surface area contributed by atoms with Crippen LogP contribution in [0.15, 0.2) is 59.2 Å². The van der Waals surface area contributed by atoms with Gasteiger partial charge in [-0.15, -0.1) is 0 Å². The number of anilines is 1. The van der Waals surface area contributed by atoms with E-state index >= 15 is 0 Å². The second-order valence-electron chi connectivity index (χ2n) is 5.72. The van der Waals surface area contributed by atoms with Crippen LogP contribution < -0.4 is 14.8 Å². The molecule has 0 aliphatic carbocycles. The van der Waals surface area contributed by atoms with Crippen molar-refractivity contribution in [1.82, 2.24) is 9.78 Å². The molecule has 0 saturated carbocycles. The van der Waals surface area contributed by atoms with Crippen molar-refractivity contribution in [3.8, 4) is 11.5 Å². The smallest absolute Gasteiger partial charge is 0.256 e. The zero-order valence-corrected chi connectivity index (χ0v) is 16.7. The Hall–Kier alpha value is -2.80. The minimum atomic E-state index is -0.245. The Labute approximate surface area is 166 Å².